The number of nitrogens with one attached hydrogen (secondary N) is 1. The average Bonchev–Trinajstić information content (AvgIpc) is 2.38. The van der Waals surface area contributed by atoms with Crippen molar-refractivity contribution in [2.45, 2.75) is 62.8 Å². The Kier molecular flexibility index (Phi) is 5.28. The first-order valence-corrected chi connectivity index (χ1v) is 8.32. The van der Waals surface area contributed by atoms with Crippen molar-refractivity contribution in [3.8, 4) is 0 Å². The molecule has 1 saturated carbocycles. The highest BCUT2D eigenvalue weighted by Crippen LogP contribution is 2.42. The minimum absolute atomic E-state index is 0.389. The molecule has 19 heavy (non-hydrogen) atoms. The molecule has 0 amide bonds. The summed E-state index contributed by atoms with van der Waals surface area (Å²) >= 11 is 1.95. The van der Waals surface area contributed by atoms with E-state index in [4.69, 9.17) is 0 Å². The highest BCUT2D eigenvalue weighted by molar-refractivity contribution is 7.99. The van der Waals surface area contributed by atoms with Gasteiger partial charge >= 0.3 is 0 Å². The fourth-order valence-corrected chi connectivity index (χ4v) is 4.46. The van der Waals surface area contributed by atoms with Crippen LogP contribution in [0.2, 0.25) is 0 Å². The van der Waals surface area contributed by atoms with Gasteiger partial charge in [0.1, 0.15) is 0 Å². The second-order valence-corrected chi connectivity index (χ2v) is 7.40. The quantitative estimate of drug-likeness (QED) is 0.877. The molecule has 1 aliphatic carbocycles. The van der Waals surface area contributed by atoms with Crippen molar-refractivity contribution in [3.05, 3.63) is 24.4 Å². The third kappa shape index (κ3) is 3.96. The van der Waals surface area contributed by atoms with Crippen molar-refractivity contribution in [2.75, 3.05) is 6.54 Å². The molecule has 1 aromatic heterocycles. The standard InChI is InChI=1S/C16H26N2S/c1-4-11-18-15-13(8-7-10-16(15,2)3)19-14-9-5-6-12-17-14/h5-6,9,12-13,15,18H,4,7-8,10-11H2,1-3H3. The Morgan fingerprint density at radius 3 is 2.95 bits per heavy atom. The van der Waals surface area contributed by atoms with E-state index in [9.17, 15) is 0 Å². The lowest BCUT2D eigenvalue weighted by Crippen LogP contribution is -2.51. The highest BCUT2D eigenvalue weighted by atomic mass is 32.2. The van der Waals surface area contributed by atoms with Crippen LogP contribution in [0.1, 0.15) is 46.5 Å². The van der Waals surface area contributed by atoms with Crippen LogP contribution in [0.25, 0.3) is 0 Å². The summed E-state index contributed by atoms with van der Waals surface area (Å²) in [5.74, 6) is 0. The van der Waals surface area contributed by atoms with E-state index in [2.05, 4.69) is 43.2 Å². The molecule has 2 rings (SSSR count). The van der Waals surface area contributed by atoms with Crippen LogP contribution in [0.15, 0.2) is 29.4 Å². The van der Waals surface area contributed by atoms with E-state index in [-0.39, 0.29) is 0 Å². The summed E-state index contributed by atoms with van der Waals surface area (Å²) in [5, 5.41) is 5.59. The third-order valence-electron chi connectivity index (χ3n) is 4.05. The molecule has 1 aliphatic rings. The van der Waals surface area contributed by atoms with Crippen LogP contribution < -0.4 is 5.32 Å². The van der Waals surface area contributed by atoms with Crippen LogP contribution >= 0.6 is 11.8 Å². The van der Waals surface area contributed by atoms with E-state index < -0.39 is 0 Å². The number of thioether (sulfide) groups is 1. The zero-order chi connectivity index (χ0) is 13.7. The molecular weight excluding hydrogens is 252 g/mol. The summed E-state index contributed by atoms with van der Waals surface area (Å²) in [6, 6.07) is 6.79. The molecule has 1 N–H and O–H groups in total. The second kappa shape index (κ2) is 6.76. The van der Waals surface area contributed by atoms with Gasteiger partial charge in [0.05, 0.1) is 5.03 Å². The molecule has 106 valence electrons. The van der Waals surface area contributed by atoms with E-state index in [1.807, 2.05) is 24.0 Å². The molecule has 1 heterocycles. The van der Waals surface area contributed by atoms with Crippen molar-refractivity contribution in [1.82, 2.24) is 10.3 Å². The van der Waals surface area contributed by atoms with Gasteiger partial charge in [-0.25, -0.2) is 4.98 Å². The SMILES string of the molecule is CCCNC1C(Sc2ccccn2)CCCC1(C)C. The first kappa shape index (κ1) is 14.9. The normalized spacial score (nSPS) is 26.3. The molecule has 3 heteroatoms. The Balaban J connectivity index is 2.07. The Labute approximate surface area is 121 Å². The largest absolute Gasteiger partial charge is 0.312 e. The minimum Gasteiger partial charge on any atom is -0.312 e. The van der Waals surface area contributed by atoms with Crippen LogP contribution in [0.5, 0.6) is 0 Å². The van der Waals surface area contributed by atoms with Gasteiger partial charge in [0.15, 0.2) is 0 Å². The van der Waals surface area contributed by atoms with Crippen LogP contribution in [0.3, 0.4) is 0 Å². The fourth-order valence-electron chi connectivity index (χ4n) is 2.99. The maximum absolute atomic E-state index is 4.47. The van der Waals surface area contributed by atoms with Crippen LogP contribution in [0.4, 0.5) is 0 Å². The van der Waals surface area contributed by atoms with Gasteiger partial charge in [0.2, 0.25) is 0 Å². The highest BCUT2D eigenvalue weighted by Gasteiger charge is 2.39. The van der Waals surface area contributed by atoms with Gasteiger partial charge in [-0.2, -0.15) is 0 Å². The summed E-state index contributed by atoms with van der Waals surface area (Å²) in [4.78, 5) is 4.47. The molecule has 1 aromatic rings. The predicted octanol–water partition coefficient (Wildman–Crippen LogP) is 4.12. The van der Waals surface area contributed by atoms with Gasteiger partial charge in [-0.05, 0) is 43.4 Å². The minimum atomic E-state index is 0.389. The van der Waals surface area contributed by atoms with Gasteiger partial charge in [-0.15, -0.1) is 11.8 Å². The number of hydrogen-bond acceptors (Lipinski definition) is 3. The Hall–Kier alpha value is -0.540. The first-order valence-electron chi connectivity index (χ1n) is 7.44. The molecule has 2 unspecified atom stereocenters. The fraction of sp³-hybridized carbons (Fsp3) is 0.688. The zero-order valence-electron chi connectivity index (χ0n) is 12.4. The lowest BCUT2D eigenvalue weighted by atomic mass is 9.73. The first-order chi connectivity index (χ1) is 9.13. The molecular formula is C16H26N2S. The topological polar surface area (TPSA) is 24.9 Å². The summed E-state index contributed by atoms with van der Waals surface area (Å²) in [6.45, 7) is 8.17. The molecule has 0 bridgehead atoms. The second-order valence-electron chi connectivity index (χ2n) is 6.14. The molecule has 0 spiro atoms. The van der Waals surface area contributed by atoms with Crippen molar-refractivity contribution >= 4 is 11.8 Å². The van der Waals surface area contributed by atoms with Gasteiger partial charge in [0.25, 0.3) is 0 Å². The van der Waals surface area contributed by atoms with Crippen molar-refractivity contribution < 1.29 is 0 Å². The number of pyridine rings is 1. The predicted molar refractivity (Wildman–Crippen MR) is 83.6 cm³/mol. The summed E-state index contributed by atoms with van der Waals surface area (Å²) < 4.78 is 0. The lowest BCUT2D eigenvalue weighted by molar-refractivity contribution is 0.175. The van der Waals surface area contributed by atoms with Gasteiger partial charge in [-0.3, -0.25) is 0 Å². The van der Waals surface area contributed by atoms with E-state index in [0.717, 1.165) is 11.6 Å². The summed E-state index contributed by atoms with van der Waals surface area (Å²) in [5.41, 5.74) is 0.389. The van der Waals surface area contributed by atoms with E-state index >= 15 is 0 Å². The van der Waals surface area contributed by atoms with E-state index in [0.29, 0.717) is 16.7 Å². The third-order valence-corrected chi connectivity index (χ3v) is 5.34. The smallest absolute Gasteiger partial charge is 0.0963 e. The van der Waals surface area contributed by atoms with Gasteiger partial charge < -0.3 is 5.32 Å². The Morgan fingerprint density at radius 2 is 2.26 bits per heavy atom. The number of rotatable bonds is 5. The molecule has 2 atom stereocenters. The molecule has 0 saturated heterocycles. The van der Waals surface area contributed by atoms with Crippen molar-refractivity contribution in [1.29, 1.82) is 0 Å². The maximum atomic E-state index is 4.47. The van der Waals surface area contributed by atoms with Crippen LogP contribution in [0, 0.1) is 5.41 Å². The maximum Gasteiger partial charge on any atom is 0.0963 e. The summed E-state index contributed by atoms with van der Waals surface area (Å²) in [6.07, 6.45) is 7.06. The van der Waals surface area contributed by atoms with Crippen LogP contribution in [-0.2, 0) is 0 Å². The van der Waals surface area contributed by atoms with Gasteiger partial charge in [0, 0.05) is 17.5 Å². The van der Waals surface area contributed by atoms with Gasteiger partial charge in [-0.1, -0.05) is 33.3 Å². The molecule has 0 aromatic carbocycles. The monoisotopic (exact) mass is 278 g/mol. The Bertz CT molecular complexity index is 378. The number of nitrogens with zero attached hydrogens (tertiary/aromatic N) is 1. The average molecular weight is 278 g/mol. The summed E-state index contributed by atoms with van der Waals surface area (Å²) in [7, 11) is 0. The van der Waals surface area contributed by atoms with Crippen molar-refractivity contribution in [3.63, 3.8) is 0 Å². The van der Waals surface area contributed by atoms with Crippen LogP contribution in [-0.4, -0.2) is 22.8 Å². The Morgan fingerprint density at radius 1 is 1.42 bits per heavy atom. The van der Waals surface area contributed by atoms with Crippen molar-refractivity contribution in [2.24, 2.45) is 5.41 Å². The molecule has 1 fully saturated rings. The number of hydrogen-bond donors (Lipinski definition) is 1. The van der Waals surface area contributed by atoms with E-state index in [1.54, 1.807) is 0 Å². The lowest BCUT2D eigenvalue weighted by Gasteiger charge is -2.44. The zero-order valence-corrected chi connectivity index (χ0v) is 13.2. The number of aromatic nitrogens is 1. The molecule has 0 radical (unpaired) electrons. The van der Waals surface area contributed by atoms with E-state index in [1.165, 1.54) is 25.7 Å². The molecule has 2 nitrogen and oxygen atoms in total. The molecule has 0 aliphatic heterocycles.